The van der Waals surface area contributed by atoms with Gasteiger partial charge in [-0.1, -0.05) is 45.4 Å². The number of fused-ring (bicyclic) bond motifs is 3. The van der Waals surface area contributed by atoms with E-state index in [2.05, 4.69) is 110 Å². The molecule has 0 aliphatic carbocycles. The molecule has 14 aromatic carbocycles. The predicted molar refractivity (Wildman–Crippen MR) is 474 cm³/mol. The van der Waals surface area contributed by atoms with E-state index in [9.17, 15) is 59.3 Å². The normalized spacial score (nSPS) is 12.2. The Labute approximate surface area is 733 Å². The van der Waals surface area contributed by atoms with Crippen LogP contribution < -0.4 is 45.0 Å². The van der Waals surface area contributed by atoms with Gasteiger partial charge in [-0.3, -0.25) is 13.7 Å². The van der Waals surface area contributed by atoms with Crippen LogP contribution in [0.25, 0.3) is 32.3 Å². The van der Waals surface area contributed by atoms with Gasteiger partial charge in [0.1, 0.15) is 60.2 Å². The van der Waals surface area contributed by atoms with Crippen molar-refractivity contribution in [1.82, 2.24) is 0 Å². The maximum Gasteiger partial charge on any atom is 0.296 e. The lowest BCUT2D eigenvalue weighted by molar-refractivity contribution is -0.432. The molecule has 0 amide bonds. The summed E-state index contributed by atoms with van der Waals surface area (Å²) in [5.41, 5.74) is 39.8. The number of anilines is 10. The number of aromatic hydroxyl groups is 4. The zero-order valence-electron chi connectivity index (χ0n) is 64.5. The van der Waals surface area contributed by atoms with Gasteiger partial charge in [0.15, 0.2) is 17.2 Å². The van der Waals surface area contributed by atoms with Gasteiger partial charge in [-0.2, -0.15) is 61.1 Å². The standard InChI is InChI=1S/C44H35N13O11S3.C34H27N9O11S3/c45-24-3-12-35(33(47)17-24)54-51-28-5-1-22-15-38(69-68-67-60)41(43(58)31(22)19-28)56-50-27-9-7-26(8-10-27)49-37-14-11-30(21-39(37)70(61,62)63)53-57-42-40(71(64,65)66)16-23-2-6-29(20-32(23)44(42)59)52-55-36-13-4-25(46)18-34(36)48;35-24-17-23(44)11-13-25(24)41-38-21-8-6-19(7-9-21)37-26-12-10-22(16-27(26)55-53-51-46)40-42-32-28(56-54-52-47)14-18-15-29(57(48,49)50)33(34(45)30(18)31(32)36)43-39-20-4-2-1-3-5-20/h1-21,49,58-60H,45-48H2,(H,61,62,63)(H,64,65,66);1-17,37,44-47H,35-36H2,(H,48,49,50). The summed E-state index contributed by atoms with van der Waals surface area (Å²) in [4.78, 5) is -1.69. The van der Waals surface area contributed by atoms with Crippen LogP contribution >= 0.6 is 36.1 Å². The SMILES string of the molecule is Nc1cc(O)ccc1N=Nc1ccc(Nc2ccc(N=Nc3c(SOOO)cc4cc(S(=O)(=O)O)c(N=Nc5ccccc5)c(O)c4c3N)cc2SOOO)cc1.Nc1ccc(N=Nc2ccc3cc(SOOO)c(N=Nc4ccc(Nc5ccc(N=Nc6c(S(=O)(=O)O)cc7ccc(N=Nc8ccc(N)cc8N)cc7c6O)cc5S(=O)(=O)O)cc4)c(O)c3c2)c(N)c1. The highest BCUT2D eigenvalue weighted by molar-refractivity contribution is 7.95. The summed E-state index contributed by atoms with van der Waals surface area (Å²) in [6.07, 6.45) is 0. The Morgan fingerprint density at radius 2 is 0.680 bits per heavy atom. The van der Waals surface area contributed by atoms with Gasteiger partial charge in [0.25, 0.3) is 30.4 Å². The lowest BCUT2D eigenvalue weighted by atomic mass is 10.1. The number of nitrogens with one attached hydrogen (secondary N) is 2. The number of phenols is 4. The van der Waals surface area contributed by atoms with Gasteiger partial charge in [0, 0.05) is 39.6 Å². The van der Waals surface area contributed by atoms with Gasteiger partial charge < -0.3 is 65.5 Å². The van der Waals surface area contributed by atoms with Gasteiger partial charge in [0.05, 0.1) is 130 Å². The summed E-state index contributed by atoms with van der Waals surface area (Å²) < 4.78 is 119. The molecule has 0 aliphatic heterocycles. The molecule has 0 heterocycles. The topological polar surface area (TPSA) is 713 Å². The van der Waals surface area contributed by atoms with E-state index in [1.165, 1.54) is 91.0 Å². The number of nitrogens with zero attached hydrogens (tertiary/aromatic N) is 14. The lowest BCUT2D eigenvalue weighted by Gasteiger charge is -2.14. The Hall–Kier alpha value is -14.9. The molecule has 0 fully saturated rings. The van der Waals surface area contributed by atoms with Gasteiger partial charge >= 0.3 is 0 Å². The van der Waals surface area contributed by atoms with Crippen molar-refractivity contribution in [1.29, 1.82) is 0 Å². The van der Waals surface area contributed by atoms with Crippen molar-refractivity contribution in [2.24, 2.45) is 71.6 Å². The fourth-order valence-corrected chi connectivity index (χ4v) is 15.2. The van der Waals surface area contributed by atoms with Gasteiger partial charge in [-0.15, -0.1) is 48.8 Å². The first-order valence-corrected chi connectivity index (χ1v) is 42.3. The van der Waals surface area contributed by atoms with Crippen molar-refractivity contribution in [2.45, 2.75) is 29.4 Å². The summed E-state index contributed by atoms with van der Waals surface area (Å²) in [5.74, 6) is -1.80. The van der Waals surface area contributed by atoms with E-state index in [0.29, 0.717) is 120 Å². The maximum atomic E-state index is 12.6. The molecule has 14 rings (SSSR count). The molecule has 50 heteroatoms. The zero-order valence-corrected chi connectivity index (χ0v) is 69.4. The van der Waals surface area contributed by atoms with E-state index in [0.717, 1.165) is 18.2 Å². The fraction of sp³-hybridized carbons (Fsp3) is 0. The summed E-state index contributed by atoms with van der Waals surface area (Å²) in [6.45, 7) is 0. The molecule has 128 heavy (non-hydrogen) atoms. The Bertz CT molecular complexity index is 7230. The van der Waals surface area contributed by atoms with Crippen LogP contribution in [0.3, 0.4) is 0 Å². The number of rotatable bonds is 30. The molecule has 0 saturated heterocycles. The highest BCUT2D eigenvalue weighted by atomic mass is 32.2. The number of azo groups is 7. The van der Waals surface area contributed by atoms with Crippen LogP contribution in [0.1, 0.15) is 0 Å². The van der Waals surface area contributed by atoms with Crippen LogP contribution in [-0.4, -0.2) is 75.1 Å². The van der Waals surface area contributed by atoms with E-state index in [4.69, 9.17) is 50.2 Å². The number of phenolic OH excluding ortho intramolecular Hbond substituents is 4. The van der Waals surface area contributed by atoms with E-state index in [-0.39, 0.29) is 99.7 Å². The number of hydrogen-bond donors (Lipinski definition) is 18. The van der Waals surface area contributed by atoms with Crippen LogP contribution in [0, 0.1) is 0 Å². The molecule has 0 aliphatic rings. The van der Waals surface area contributed by atoms with E-state index < -0.39 is 67.9 Å². The van der Waals surface area contributed by atoms with Crippen molar-refractivity contribution < 1.29 is 103 Å². The summed E-state index contributed by atoms with van der Waals surface area (Å²) >= 11 is 1.58. The molecule has 14 aromatic rings. The van der Waals surface area contributed by atoms with Crippen LogP contribution in [0.4, 0.5) is 136 Å². The molecule has 0 atom stereocenters. The molecular weight excluding hydrogens is 1790 g/mol. The Morgan fingerprint density at radius 1 is 0.305 bits per heavy atom. The fourth-order valence-electron chi connectivity index (χ4n) is 11.8. The third-order valence-corrected chi connectivity index (χ3v) is 22.2. The minimum absolute atomic E-state index is 0.00678. The van der Waals surface area contributed by atoms with Gasteiger partial charge in [-0.05, 0) is 210 Å². The highest BCUT2D eigenvalue weighted by Gasteiger charge is 2.28. The quantitative estimate of drug-likeness (QED) is 0.00496. The van der Waals surface area contributed by atoms with Crippen LogP contribution in [0.15, 0.2) is 331 Å². The molecule has 0 aromatic heterocycles. The second-order valence-electron chi connectivity index (χ2n) is 26.2. The Kier molecular flexibility index (Phi) is 28.3. The first-order valence-electron chi connectivity index (χ1n) is 35.8. The monoisotopic (exact) mass is 1850 g/mol. The lowest BCUT2D eigenvalue weighted by Crippen LogP contribution is -2.03. The minimum atomic E-state index is -5.02. The first-order chi connectivity index (χ1) is 61.3. The van der Waals surface area contributed by atoms with Crippen molar-refractivity contribution in [2.75, 3.05) is 45.0 Å². The van der Waals surface area contributed by atoms with Crippen molar-refractivity contribution >= 4 is 235 Å². The van der Waals surface area contributed by atoms with E-state index in [1.54, 1.807) is 121 Å². The van der Waals surface area contributed by atoms with Gasteiger partial charge in [-0.25, -0.2) is 15.8 Å². The molecular formula is C78H62N22O22S6. The summed E-state index contributed by atoms with van der Waals surface area (Å²) in [6, 6.07) is 56.9. The highest BCUT2D eigenvalue weighted by Crippen LogP contribution is 2.52. The number of nitrogen functional groups attached to an aromatic ring is 6. The van der Waals surface area contributed by atoms with Crippen molar-refractivity contribution in [3.63, 3.8) is 0 Å². The van der Waals surface area contributed by atoms with E-state index >= 15 is 0 Å². The average molecular weight is 1850 g/mol. The van der Waals surface area contributed by atoms with Gasteiger partial charge in [0.2, 0.25) is 0 Å². The van der Waals surface area contributed by atoms with Crippen LogP contribution in [0.5, 0.6) is 23.0 Å². The predicted octanol–water partition coefficient (Wildman–Crippen LogP) is 22.6. The molecule has 652 valence electrons. The summed E-state index contributed by atoms with van der Waals surface area (Å²) in [7, 11) is -14.9. The molecule has 0 radical (unpaired) electrons. The van der Waals surface area contributed by atoms with Crippen LogP contribution in [-0.2, 0) is 58.5 Å². The Balaban J connectivity index is 0.000000224. The molecule has 44 nitrogen and oxygen atoms in total. The second-order valence-corrected chi connectivity index (χ2v) is 32.6. The molecule has 0 saturated carbocycles. The third-order valence-electron chi connectivity index (χ3n) is 17.7. The molecule has 24 N–H and O–H groups in total. The Morgan fingerprint density at radius 3 is 1.19 bits per heavy atom. The second kappa shape index (κ2) is 39.9. The van der Waals surface area contributed by atoms with Crippen molar-refractivity contribution in [3.8, 4) is 23.0 Å². The first kappa shape index (κ1) is 90.8. The summed E-state index contributed by atoms with van der Waals surface area (Å²) in [5, 5.41) is 146. The number of hydrogen-bond acceptors (Lipinski definition) is 44. The van der Waals surface area contributed by atoms with Crippen LogP contribution in [0.2, 0.25) is 0 Å². The smallest absolute Gasteiger partial charge is 0.296 e. The van der Waals surface area contributed by atoms with Crippen molar-refractivity contribution in [3.05, 3.63) is 231 Å². The molecule has 0 bridgehead atoms. The minimum Gasteiger partial charge on any atom is -0.508 e. The number of benzene rings is 14. The zero-order chi connectivity index (χ0) is 91.1. The third kappa shape index (κ3) is 22.4. The maximum absolute atomic E-state index is 12.6. The largest absolute Gasteiger partial charge is 0.508 e. The average Bonchev–Trinajstić information content (AvgIpc) is 0.741. The van der Waals surface area contributed by atoms with E-state index in [1.807, 2.05) is 0 Å². The molecule has 0 unspecified atom stereocenters. The number of nitrogens with two attached hydrogens (primary N) is 6. The molecule has 0 spiro atoms.